The molecule has 1 aliphatic heterocycles. The monoisotopic (exact) mass is 429 g/mol. The summed E-state index contributed by atoms with van der Waals surface area (Å²) in [6.45, 7) is 2.06. The van der Waals surface area contributed by atoms with E-state index in [1.807, 2.05) is 41.4 Å². The first-order chi connectivity index (χ1) is 15.1. The lowest BCUT2D eigenvalue weighted by atomic mass is 10.0. The molecule has 1 aromatic carbocycles. The topological polar surface area (TPSA) is 46.0 Å². The Labute approximate surface area is 185 Å². The first-order valence-corrected chi connectivity index (χ1v) is 10.4. The number of thiocarbonyl (C=S) groups is 1. The third-order valence-electron chi connectivity index (χ3n) is 5.52. The summed E-state index contributed by atoms with van der Waals surface area (Å²) in [6.07, 6.45) is 5.38. The number of nitrogens with zero attached hydrogens (tertiary/aromatic N) is 4. The van der Waals surface area contributed by atoms with Gasteiger partial charge in [0, 0.05) is 29.5 Å². The van der Waals surface area contributed by atoms with Crippen molar-refractivity contribution in [2.45, 2.75) is 19.0 Å². The molecule has 4 heterocycles. The van der Waals surface area contributed by atoms with Crippen molar-refractivity contribution in [2.24, 2.45) is 0 Å². The van der Waals surface area contributed by atoms with Gasteiger partial charge in [-0.2, -0.15) is 0 Å². The van der Waals surface area contributed by atoms with Crippen LogP contribution < -0.4 is 10.2 Å². The van der Waals surface area contributed by atoms with Gasteiger partial charge in [0.2, 0.25) is 0 Å². The number of benzene rings is 1. The summed E-state index contributed by atoms with van der Waals surface area (Å²) in [5, 5.41) is 4.02. The third-order valence-corrected chi connectivity index (χ3v) is 5.83. The van der Waals surface area contributed by atoms with Crippen LogP contribution in [0.15, 0.2) is 85.3 Å². The zero-order valence-electron chi connectivity index (χ0n) is 16.8. The van der Waals surface area contributed by atoms with Gasteiger partial charge in [-0.25, -0.2) is 4.39 Å². The Kier molecular flexibility index (Phi) is 4.95. The summed E-state index contributed by atoms with van der Waals surface area (Å²) < 4.78 is 15.8. The Balaban J connectivity index is 1.70. The molecule has 31 heavy (non-hydrogen) atoms. The van der Waals surface area contributed by atoms with E-state index < -0.39 is 0 Å². The first kappa shape index (κ1) is 19.4. The molecule has 0 radical (unpaired) electrons. The van der Waals surface area contributed by atoms with E-state index in [4.69, 9.17) is 12.2 Å². The van der Waals surface area contributed by atoms with Gasteiger partial charge < -0.3 is 14.8 Å². The summed E-state index contributed by atoms with van der Waals surface area (Å²) >= 11 is 5.75. The lowest BCUT2D eigenvalue weighted by Gasteiger charge is -2.29. The highest BCUT2D eigenvalue weighted by Crippen LogP contribution is 2.42. The highest BCUT2D eigenvalue weighted by atomic mass is 32.1. The number of pyridine rings is 2. The molecular formula is C24H20FN5S. The van der Waals surface area contributed by atoms with E-state index in [1.54, 1.807) is 24.5 Å². The Morgan fingerprint density at radius 2 is 1.77 bits per heavy atom. The van der Waals surface area contributed by atoms with Crippen LogP contribution in [0.4, 0.5) is 10.1 Å². The molecule has 154 valence electrons. The van der Waals surface area contributed by atoms with Gasteiger partial charge in [0.25, 0.3) is 0 Å². The summed E-state index contributed by atoms with van der Waals surface area (Å²) in [6, 6.07) is 20.0. The van der Waals surface area contributed by atoms with Crippen molar-refractivity contribution < 1.29 is 4.39 Å². The number of aromatic nitrogens is 3. The van der Waals surface area contributed by atoms with Gasteiger partial charge in [0.05, 0.1) is 23.6 Å². The highest BCUT2D eigenvalue weighted by Gasteiger charge is 2.42. The maximum atomic E-state index is 13.6. The lowest BCUT2D eigenvalue weighted by Crippen LogP contribution is -2.30. The van der Waals surface area contributed by atoms with E-state index in [-0.39, 0.29) is 17.9 Å². The number of halogens is 1. The van der Waals surface area contributed by atoms with E-state index in [1.165, 1.54) is 12.1 Å². The molecule has 1 fully saturated rings. The number of aryl methyl sites for hydroxylation is 1. The summed E-state index contributed by atoms with van der Waals surface area (Å²) in [4.78, 5) is 10.9. The van der Waals surface area contributed by atoms with Crippen LogP contribution in [-0.4, -0.2) is 19.6 Å². The molecule has 1 N–H and O–H groups in total. The molecule has 2 atom stereocenters. The predicted octanol–water partition coefficient (Wildman–Crippen LogP) is 4.89. The Morgan fingerprint density at radius 3 is 2.48 bits per heavy atom. The lowest BCUT2D eigenvalue weighted by molar-refractivity contribution is 0.547. The van der Waals surface area contributed by atoms with E-state index in [9.17, 15) is 4.39 Å². The van der Waals surface area contributed by atoms with Crippen LogP contribution >= 0.6 is 12.2 Å². The largest absolute Gasteiger partial charge is 0.351 e. The Bertz CT molecular complexity index is 1210. The first-order valence-electron chi connectivity index (χ1n) is 9.98. The molecule has 1 aliphatic rings. The molecule has 5 nitrogen and oxygen atoms in total. The van der Waals surface area contributed by atoms with Crippen molar-refractivity contribution in [1.29, 1.82) is 0 Å². The fraction of sp³-hybridized carbons (Fsp3) is 0.125. The van der Waals surface area contributed by atoms with Gasteiger partial charge in [0.1, 0.15) is 11.9 Å². The van der Waals surface area contributed by atoms with E-state index in [2.05, 4.69) is 38.9 Å². The second kappa shape index (κ2) is 7.92. The number of rotatable bonds is 4. The molecule has 0 unspecified atom stereocenters. The normalized spacial score (nSPS) is 18.3. The average molecular weight is 430 g/mol. The molecule has 0 bridgehead atoms. The van der Waals surface area contributed by atoms with Crippen molar-refractivity contribution >= 4 is 23.0 Å². The fourth-order valence-electron chi connectivity index (χ4n) is 4.16. The summed E-state index contributed by atoms with van der Waals surface area (Å²) in [5.74, 6) is -0.283. The van der Waals surface area contributed by atoms with Gasteiger partial charge in [0.15, 0.2) is 5.11 Å². The predicted molar refractivity (Wildman–Crippen MR) is 123 cm³/mol. The van der Waals surface area contributed by atoms with Crippen LogP contribution in [0.25, 0.3) is 5.69 Å². The molecule has 0 saturated carbocycles. The minimum Gasteiger partial charge on any atom is -0.351 e. The van der Waals surface area contributed by atoms with Crippen molar-refractivity contribution in [3.8, 4) is 5.69 Å². The van der Waals surface area contributed by atoms with Crippen molar-refractivity contribution in [2.75, 3.05) is 4.90 Å². The van der Waals surface area contributed by atoms with Crippen molar-refractivity contribution in [3.63, 3.8) is 0 Å². The van der Waals surface area contributed by atoms with Gasteiger partial charge in [-0.1, -0.05) is 6.07 Å². The van der Waals surface area contributed by atoms with E-state index in [0.29, 0.717) is 5.11 Å². The minimum absolute atomic E-state index is 0.177. The quantitative estimate of drug-likeness (QED) is 0.468. The smallest absolute Gasteiger partial charge is 0.174 e. The van der Waals surface area contributed by atoms with Gasteiger partial charge in [-0.3, -0.25) is 9.97 Å². The molecular weight excluding hydrogens is 409 g/mol. The second-order valence-electron chi connectivity index (χ2n) is 7.42. The standard InChI is InChI=1S/C24H20FN5S/c1-16-7-12-21(29(16)19-5-4-13-26-15-19)23-22(20-6-2-3-14-27-20)28-24(31)30(23)18-10-8-17(25)9-11-18/h2-15,22-23H,1H3,(H,28,31)/t22-,23-/m1/s1. The summed E-state index contributed by atoms with van der Waals surface area (Å²) in [5.41, 5.74) is 4.80. The molecule has 5 rings (SSSR count). The van der Waals surface area contributed by atoms with Crippen LogP contribution in [0.3, 0.4) is 0 Å². The maximum absolute atomic E-state index is 13.6. The molecule has 3 aromatic heterocycles. The van der Waals surface area contributed by atoms with E-state index >= 15 is 0 Å². The van der Waals surface area contributed by atoms with Gasteiger partial charge in [-0.05, 0) is 79.8 Å². The zero-order chi connectivity index (χ0) is 21.4. The number of hydrogen-bond acceptors (Lipinski definition) is 3. The highest BCUT2D eigenvalue weighted by molar-refractivity contribution is 7.80. The molecule has 4 aromatic rings. The Morgan fingerprint density at radius 1 is 0.935 bits per heavy atom. The van der Waals surface area contributed by atoms with Crippen LogP contribution in [0.1, 0.15) is 29.2 Å². The number of nitrogens with one attached hydrogen (secondary N) is 1. The maximum Gasteiger partial charge on any atom is 0.174 e. The van der Waals surface area contributed by atoms with Crippen molar-refractivity contribution in [3.05, 3.63) is 108 Å². The zero-order valence-corrected chi connectivity index (χ0v) is 17.6. The second-order valence-corrected chi connectivity index (χ2v) is 7.81. The van der Waals surface area contributed by atoms with Crippen LogP contribution in [0.5, 0.6) is 0 Å². The van der Waals surface area contributed by atoms with Crippen LogP contribution in [0.2, 0.25) is 0 Å². The van der Waals surface area contributed by atoms with Crippen molar-refractivity contribution in [1.82, 2.24) is 19.9 Å². The Hall–Kier alpha value is -3.58. The number of anilines is 1. The molecule has 0 amide bonds. The van der Waals surface area contributed by atoms with Gasteiger partial charge >= 0.3 is 0 Å². The molecule has 0 spiro atoms. The third kappa shape index (κ3) is 3.47. The molecule has 0 aliphatic carbocycles. The minimum atomic E-state index is -0.283. The SMILES string of the molecule is Cc1ccc([C@@H]2[C@@H](c3ccccn3)NC(=S)N2c2ccc(F)cc2)n1-c1cccnc1. The average Bonchev–Trinajstić information content (AvgIpc) is 3.35. The van der Waals surface area contributed by atoms with Crippen LogP contribution in [-0.2, 0) is 0 Å². The van der Waals surface area contributed by atoms with E-state index in [0.717, 1.165) is 28.5 Å². The molecule has 7 heteroatoms. The van der Waals surface area contributed by atoms with Gasteiger partial charge in [-0.15, -0.1) is 0 Å². The fourth-order valence-corrected chi connectivity index (χ4v) is 4.51. The number of hydrogen-bond donors (Lipinski definition) is 1. The summed E-state index contributed by atoms with van der Waals surface area (Å²) in [7, 11) is 0. The van der Waals surface area contributed by atoms with Crippen LogP contribution in [0, 0.1) is 12.7 Å². The molecule has 1 saturated heterocycles.